The summed E-state index contributed by atoms with van der Waals surface area (Å²) < 4.78 is 19.1. The van der Waals surface area contributed by atoms with Gasteiger partial charge in [-0.3, -0.25) is 0 Å². The molecule has 0 unspecified atom stereocenters. The van der Waals surface area contributed by atoms with Crippen molar-refractivity contribution in [2.45, 2.75) is 13.5 Å². The molecular formula is C15H12ClFO3. The van der Waals surface area contributed by atoms with E-state index in [1.807, 2.05) is 13.0 Å². The fourth-order valence-corrected chi connectivity index (χ4v) is 1.87. The lowest BCUT2D eigenvalue weighted by Gasteiger charge is -2.10. The molecule has 3 nitrogen and oxygen atoms in total. The van der Waals surface area contributed by atoms with Crippen molar-refractivity contribution >= 4 is 17.6 Å². The Morgan fingerprint density at radius 2 is 2.05 bits per heavy atom. The van der Waals surface area contributed by atoms with E-state index in [9.17, 15) is 9.18 Å². The number of benzene rings is 2. The van der Waals surface area contributed by atoms with Crippen LogP contribution in [0, 0.1) is 12.7 Å². The zero-order valence-electron chi connectivity index (χ0n) is 10.7. The first kappa shape index (κ1) is 14.3. The van der Waals surface area contributed by atoms with Crippen LogP contribution in [-0.4, -0.2) is 11.1 Å². The molecule has 0 saturated carbocycles. The molecule has 0 saturated heterocycles. The summed E-state index contributed by atoms with van der Waals surface area (Å²) in [6.45, 7) is 1.80. The summed E-state index contributed by atoms with van der Waals surface area (Å²) >= 11 is 5.97. The van der Waals surface area contributed by atoms with E-state index in [4.69, 9.17) is 21.4 Å². The summed E-state index contributed by atoms with van der Waals surface area (Å²) in [7, 11) is 0. The normalized spacial score (nSPS) is 10.3. The van der Waals surface area contributed by atoms with E-state index in [-0.39, 0.29) is 17.7 Å². The lowest BCUT2D eigenvalue weighted by Crippen LogP contribution is -2.03. The third kappa shape index (κ3) is 3.27. The van der Waals surface area contributed by atoms with E-state index in [0.717, 1.165) is 11.6 Å². The Kier molecular flexibility index (Phi) is 4.25. The summed E-state index contributed by atoms with van der Waals surface area (Å²) in [6, 6.07) is 8.83. The Balaban J connectivity index is 2.20. The van der Waals surface area contributed by atoms with Crippen molar-refractivity contribution < 1.29 is 19.0 Å². The highest BCUT2D eigenvalue weighted by atomic mass is 35.5. The Bertz CT molecular complexity index is 656. The van der Waals surface area contributed by atoms with Crippen molar-refractivity contribution in [1.82, 2.24) is 0 Å². The predicted molar refractivity (Wildman–Crippen MR) is 73.9 cm³/mol. The van der Waals surface area contributed by atoms with Crippen molar-refractivity contribution in [3.05, 3.63) is 63.9 Å². The van der Waals surface area contributed by atoms with E-state index in [1.54, 1.807) is 12.1 Å². The lowest BCUT2D eigenvalue weighted by molar-refractivity contribution is 0.0696. The Labute approximate surface area is 120 Å². The van der Waals surface area contributed by atoms with Crippen LogP contribution in [0.2, 0.25) is 5.02 Å². The van der Waals surface area contributed by atoms with Gasteiger partial charge in [-0.25, -0.2) is 9.18 Å². The number of hydrogen-bond acceptors (Lipinski definition) is 2. The standard InChI is InChI=1S/C15H12ClFO3/c1-9-2-4-12(16)14(6-9)20-8-11-7-10(15(18)19)3-5-13(11)17/h2-7H,8H2,1H3,(H,18,19). The molecule has 5 heteroatoms. The van der Waals surface area contributed by atoms with Crippen molar-refractivity contribution in [3.8, 4) is 5.75 Å². The van der Waals surface area contributed by atoms with E-state index in [2.05, 4.69) is 0 Å². The number of carbonyl (C=O) groups is 1. The molecule has 0 radical (unpaired) electrons. The number of rotatable bonds is 4. The molecular weight excluding hydrogens is 283 g/mol. The maximum absolute atomic E-state index is 13.6. The monoisotopic (exact) mass is 294 g/mol. The van der Waals surface area contributed by atoms with Crippen LogP contribution in [0.3, 0.4) is 0 Å². The molecule has 0 aliphatic rings. The summed E-state index contributed by atoms with van der Waals surface area (Å²) in [5.74, 6) is -1.19. The average Bonchev–Trinajstić information content (AvgIpc) is 2.41. The molecule has 20 heavy (non-hydrogen) atoms. The van der Waals surface area contributed by atoms with Gasteiger partial charge in [-0.05, 0) is 42.8 Å². The van der Waals surface area contributed by atoms with Crippen molar-refractivity contribution in [2.75, 3.05) is 0 Å². The molecule has 2 rings (SSSR count). The smallest absolute Gasteiger partial charge is 0.335 e. The van der Waals surface area contributed by atoms with Crippen LogP contribution in [-0.2, 0) is 6.61 Å². The van der Waals surface area contributed by atoms with Crippen LogP contribution < -0.4 is 4.74 Å². The molecule has 0 heterocycles. The maximum atomic E-state index is 13.6. The van der Waals surface area contributed by atoms with E-state index < -0.39 is 11.8 Å². The highest BCUT2D eigenvalue weighted by Gasteiger charge is 2.10. The van der Waals surface area contributed by atoms with Crippen LogP contribution in [0.4, 0.5) is 4.39 Å². The molecule has 104 valence electrons. The summed E-state index contributed by atoms with van der Waals surface area (Å²) in [6.07, 6.45) is 0. The maximum Gasteiger partial charge on any atom is 0.335 e. The minimum atomic E-state index is -1.11. The minimum absolute atomic E-state index is 0.0142. The Hall–Kier alpha value is -2.07. The molecule has 1 N–H and O–H groups in total. The number of hydrogen-bond donors (Lipinski definition) is 1. The first-order valence-electron chi connectivity index (χ1n) is 5.88. The van der Waals surface area contributed by atoms with Gasteiger partial charge in [0.05, 0.1) is 10.6 Å². The first-order chi connectivity index (χ1) is 9.47. The number of halogens is 2. The van der Waals surface area contributed by atoms with E-state index in [1.165, 1.54) is 12.1 Å². The summed E-state index contributed by atoms with van der Waals surface area (Å²) in [4.78, 5) is 10.9. The highest BCUT2D eigenvalue weighted by molar-refractivity contribution is 6.32. The highest BCUT2D eigenvalue weighted by Crippen LogP contribution is 2.26. The second-order valence-corrected chi connectivity index (χ2v) is 4.74. The third-order valence-electron chi connectivity index (χ3n) is 2.76. The van der Waals surface area contributed by atoms with Crippen LogP contribution in [0.15, 0.2) is 36.4 Å². The quantitative estimate of drug-likeness (QED) is 0.925. The predicted octanol–water partition coefficient (Wildman–Crippen LogP) is 4.06. The number of ether oxygens (including phenoxy) is 1. The van der Waals surface area contributed by atoms with Gasteiger partial charge < -0.3 is 9.84 Å². The first-order valence-corrected chi connectivity index (χ1v) is 6.26. The number of aromatic carboxylic acids is 1. The molecule has 0 aliphatic heterocycles. The second kappa shape index (κ2) is 5.92. The van der Waals surface area contributed by atoms with Gasteiger partial charge in [-0.1, -0.05) is 17.7 Å². The van der Waals surface area contributed by atoms with Crippen LogP contribution in [0.25, 0.3) is 0 Å². The van der Waals surface area contributed by atoms with E-state index >= 15 is 0 Å². The number of aryl methyl sites for hydroxylation is 1. The van der Waals surface area contributed by atoms with Gasteiger partial charge in [-0.15, -0.1) is 0 Å². The topological polar surface area (TPSA) is 46.5 Å². The molecule has 2 aromatic carbocycles. The van der Waals surface area contributed by atoms with Gasteiger partial charge in [0.15, 0.2) is 0 Å². The largest absolute Gasteiger partial charge is 0.487 e. The Morgan fingerprint density at radius 3 is 2.75 bits per heavy atom. The fraction of sp³-hybridized carbons (Fsp3) is 0.133. The molecule has 2 aromatic rings. The molecule has 0 fully saturated rings. The number of carboxylic acids is 1. The van der Waals surface area contributed by atoms with Crippen molar-refractivity contribution in [1.29, 1.82) is 0 Å². The van der Waals surface area contributed by atoms with Gasteiger partial charge in [0.2, 0.25) is 0 Å². The molecule has 0 aromatic heterocycles. The molecule has 0 atom stereocenters. The van der Waals surface area contributed by atoms with Gasteiger partial charge in [0.1, 0.15) is 18.2 Å². The number of carboxylic acid groups (broad SMARTS) is 1. The van der Waals surface area contributed by atoms with Crippen LogP contribution >= 0.6 is 11.6 Å². The molecule has 0 amide bonds. The average molecular weight is 295 g/mol. The second-order valence-electron chi connectivity index (χ2n) is 4.33. The van der Waals surface area contributed by atoms with Gasteiger partial charge in [0.25, 0.3) is 0 Å². The van der Waals surface area contributed by atoms with Gasteiger partial charge >= 0.3 is 5.97 Å². The van der Waals surface area contributed by atoms with Crippen LogP contribution in [0.5, 0.6) is 5.75 Å². The zero-order valence-corrected chi connectivity index (χ0v) is 11.4. The third-order valence-corrected chi connectivity index (χ3v) is 3.07. The Morgan fingerprint density at radius 1 is 1.30 bits per heavy atom. The van der Waals surface area contributed by atoms with E-state index in [0.29, 0.717) is 10.8 Å². The lowest BCUT2D eigenvalue weighted by atomic mass is 10.1. The molecule has 0 bridgehead atoms. The minimum Gasteiger partial charge on any atom is -0.487 e. The molecule has 0 spiro atoms. The molecule has 0 aliphatic carbocycles. The summed E-state index contributed by atoms with van der Waals surface area (Å²) in [5, 5.41) is 9.30. The van der Waals surface area contributed by atoms with Crippen LogP contribution in [0.1, 0.15) is 21.5 Å². The summed E-state index contributed by atoms with van der Waals surface area (Å²) in [5.41, 5.74) is 1.15. The van der Waals surface area contributed by atoms with Crippen molar-refractivity contribution in [2.24, 2.45) is 0 Å². The van der Waals surface area contributed by atoms with Gasteiger partial charge in [0, 0.05) is 5.56 Å². The van der Waals surface area contributed by atoms with Gasteiger partial charge in [-0.2, -0.15) is 0 Å². The fourth-order valence-electron chi connectivity index (χ4n) is 1.70. The van der Waals surface area contributed by atoms with Crippen molar-refractivity contribution in [3.63, 3.8) is 0 Å². The zero-order chi connectivity index (χ0) is 14.7. The SMILES string of the molecule is Cc1ccc(Cl)c(OCc2cc(C(=O)O)ccc2F)c1.